The number of aliphatic imine (C=N–C) groups is 1. The van der Waals surface area contributed by atoms with Crippen LogP contribution in [0.25, 0.3) is 16.7 Å². The summed E-state index contributed by atoms with van der Waals surface area (Å²) in [5.74, 6) is 3.40. The Hall–Kier alpha value is -2.59. The van der Waals surface area contributed by atoms with Gasteiger partial charge in [-0.3, -0.25) is 4.99 Å². The number of hydrogen-bond donors (Lipinski definition) is 0. The SMILES string of the molecule is C#Cc1ccc(-c2cccc(CC(C)CC)c2C(C=NC)=C(C)C)cc1C. The van der Waals surface area contributed by atoms with Crippen molar-refractivity contribution in [2.75, 3.05) is 7.05 Å². The van der Waals surface area contributed by atoms with Crippen LogP contribution >= 0.6 is 0 Å². The van der Waals surface area contributed by atoms with Crippen LogP contribution in [-0.4, -0.2) is 13.3 Å². The number of allylic oxidation sites excluding steroid dienone is 2. The fourth-order valence-corrected chi connectivity index (χ4v) is 3.41. The Labute approximate surface area is 165 Å². The highest BCUT2D eigenvalue weighted by atomic mass is 14.6. The van der Waals surface area contributed by atoms with Gasteiger partial charge in [0.15, 0.2) is 0 Å². The van der Waals surface area contributed by atoms with Gasteiger partial charge in [0.25, 0.3) is 0 Å². The van der Waals surface area contributed by atoms with Crippen LogP contribution in [0.1, 0.15) is 56.4 Å². The molecule has 0 aliphatic rings. The van der Waals surface area contributed by atoms with Gasteiger partial charge in [-0.05, 0) is 72.6 Å². The molecule has 2 rings (SSSR count). The Bertz CT molecular complexity index is 902. The van der Waals surface area contributed by atoms with Gasteiger partial charge in [-0.15, -0.1) is 6.42 Å². The summed E-state index contributed by atoms with van der Waals surface area (Å²) in [4.78, 5) is 4.34. The van der Waals surface area contributed by atoms with Crippen molar-refractivity contribution in [1.82, 2.24) is 0 Å². The molecule has 2 aromatic rings. The predicted molar refractivity (Wildman–Crippen MR) is 120 cm³/mol. The van der Waals surface area contributed by atoms with E-state index in [9.17, 15) is 0 Å². The van der Waals surface area contributed by atoms with E-state index >= 15 is 0 Å². The second-order valence-corrected chi connectivity index (χ2v) is 7.53. The van der Waals surface area contributed by atoms with Crippen molar-refractivity contribution in [3.05, 3.63) is 64.2 Å². The highest BCUT2D eigenvalue weighted by molar-refractivity contribution is 6.13. The van der Waals surface area contributed by atoms with Crippen molar-refractivity contribution >= 4 is 11.8 Å². The topological polar surface area (TPSA) is 12.4 Å². The first-order valence-electron chi connectivity index (χ1n) is 9.72. The molecule has 0 heterocycles. The van der Waals surface area contributed by atoms with Gasteiger partial charge in [0.1, 0.15) is 0 Å². The van der Waals surface area contributed by atoms with Crippen molar-refractivity contribution in [2.24, 2.45) is 10.9 Å². The zero-order chi connectivity index (χ0) is 20.0. The van der Waals surface area contributed by atoms with Crippen LogP contribution in [0, 0.1) is 25.2 Å². The summed E-state index contributed by atoms with van der Waals surface area (Å²) >= 11 is 0. The third-order valence-corrected chi connectivity index (χ3v) is 5.18. The van der Waals surface area contributed by atoms with Gasteiger partial charge < -0.3 is 0 Å². The maximum Gasteiger partial charge on any atom is 0.0287 e. The van der Waals surface area contributed by atoms with E-state index in [1.165, 1.54) is 39.8 Å². The van der Waals surface area contributed by atoms with E-state index in [1.54, 1.807) is 0 Å². The molecule has 0 saturated heterocycles. The largest absolute Gasteiger partial charge is 0.296 e. The standard InChI is InChI=1S/C26H31N/c1-8-19(5)15-23-11-10-12-24(26(23)25(17-27-7)18(3)4)22-14-13-21(9-2)20(6)16-22/h2,10-14,16-17,19H,8,15H2,1,3-7H3. The summed E-state index contributed by atoms with van der Waals surface area (Å²) in [5, 5.41) is 0. The molecule has 0 fully saturated rings. The van der Waals surface area contributed by atoms with Crippen LogP contribution in [0.15, 0.2) is 47.0 Å². The molecule has 1 nitrogen and oxygen atoms in total. The fraction of sp³-hybridized carbons (Fsp3) is 0.346. The van der Waals surface area contributed by atoms with E-state index < -0.39 is 0 Å². The van der Waals surface area contributed by atoms with E-state index in [-0.39, 0.29) is 0 Å². The maximum absolute atomic E-state index is 5.62. The zero-order valence-electron chi connectivity index (χ0n) is 17.6. The summed E-state index contributed by atoms with van der Waals surface area (Å²) in [6.07, 6.45) is 9.85. The summed E-state index contributed by atoms with van der Waals surface area (Å²) in [6.45, 7) is 11.0. The van der Waals surface area contributed by atoms with Gasteiger partial charge in [-0.2, -0.15) is 0 Å². The van der Waals surface area contributed by atoms with E-state index in [0.717, 1.165) is 17.5 Å². The van der Waals surface area contributed by atoms with Gasteiger partial charge in [0, 0.05) is 18.8 Å². The summed E-state index contributed by atoms with van der Waals surface area (Å²) in [6, 6.07) is 13.0. The minimum Gasteiger partial charge on any atom is -0.296 e. The Morgan fingerprint density at radius 2 is 1.96 bits per heavy atom. The summed E-state index contributed by atoms with van der Waals surface area (Å²) in [7, 11) is 1.84. The van der Waals surface area contributed by atoms with Gasteiger partial charge in [-0.25, -0.2) is 0 Å². The molecule has 0 N–H and O–H groups in total. The van der Waals surface area contributed by atoms with Gasteiger partial charge in [0.2, 0.25) is 0 Å². The molecule has 0 spiro atoms. The van der Waals surface area contributed by atoms with Gasteiger partial charge >= 0.3 is 0 Å². The average molecular weight is 358 g/mol. The van der Waals surface area contributed by atoms with Crippen LogP contribution in [0.4, 0.5) is 0 Å². The molecule has 1 atom stereocenters. The third kappa shape index (κ3) is 4.77. The van der Waals surface area contributed by atoms with E-state index in [4.69, 9.17) is 6.42 Å². The molecule has 0 aliphatic heterocycles. The van der Waals surface area contributed by atoms with Crippen LogP contribution in [0.5, 0.6) is 0 Å². The molecule has 1 unspecified atom stereocenters. The molecule has 2 aromatic carbocycles. The van der Waals surface area contributed by atoms with Crippen LogP contribution in [-0.2, 0) is 6.42 Å². The normalized spacial score (nSPS) is 12.0. The summed E-state index contributed by atoms with van der Waals surface area (Å²) in [5.41, 5.74) is 9.72. The second kappa shape index (κ2) is 9.38. The highest BCUT2D eigenvalue weighted by Gasteiger charge is 2.16. The molecular weight excluding hydrogens is 326 g/mol. The Morgan fingerprint density at radius 1 is 1.22 bits per heavy atom. The number of aryl methyl sites for hydroxylation is 1. The molecular formula is C26H31N. The third-order valence-electron chi connectivity index (χ3n) is 5.18. The van der Waals surface area contributed by atoms with Crippen LogP contribution in [0.2, 0.25) is 0 Å². The predicted octanol–water partition coefficient (Wildman–Crippen LogP) is 6.73. The van der Waals surface area contributed by atoms with Crippen LogP contribution < -0.4 is 0 Å². The summed E-state index contributed by atoms with van der Waals surface area (Å²) < 4.78 is 0. The molecule has 0 amide bonds. The minimum atomic E-state index is 0.640. The molecule has 0 bridgehead atoms. The van der Waals surface area contributed by atoms with Crippen molar-refractivity contribution < 1.29 is 0 Å². The van der Waals surface area contributed by atoms with Gasteiger partial charge in [0.05, 0.1) is 0 Å². The minimum absolute atomic E-state index is 0.640. The molecule has 1 heteroatoms. The number of benzene rings is 2. The lowest BCUT2D eigenvalue weighted by Crippen LogP contribution is -2.05. The van der Waals surface area contributed by atoms with E-state index in [1.807, 2.05) is 19.3 Å². The first-order chi connectivity index (χ1) is 12.9. The lowest BCUT2D eigenvalue weighted by Gasteiger charge is -2.20. The van der Waals surface area contributed by atoms with E-state index in [2.05, 4.69) is 75.9 Å². The van der Waals surface area contributed by atoms with Gasteiger partial charge in [-0.1, -0.05) is 62.1 Å². The smallest absolute Gasteiger partial charge is 0.0287 e. The molecule has 140 valence electrons. The molecule has 0 radical (unpaired) electrons. The van der Waals surface area contributed by atoms with Crippen molar-refractivity contribution in [1.29, 1.82) is 0 Å². The van der Waals surface area contributed by atoms with Crippen molar-refractivity contribution in [3.63, 3.8) is 0 Å². The molecule has 27 heavy (non-hydrogen) atoms. The zero-order valence-corrected chi connectivity index (χ0v) is 17.6. The highest BCUT2D eigenvalue weighted by Crippen LogP contribution is 2.35. The Morgan fingerprint density at radius 3 is 2.52 bits per heavy atom. The monoisotopic (exact) mass is 357 g/mol. The van der Waals surface area contributed by atoms with E-state index in [0.29, 0.717) is 5.92 Å². The quantitative estimate of drug-likeness (QED) is 0.401. The Balaban J connectivity index is 2.78. The average Bonchev–Trinajstić information content (AvgIpc) is 2.65. The Kier molecular flexibility index (Phi) is 7.19. The van der Waals surface area contributed by atoms with Crippen LogP contribution in [0.3, 0.4) is 0 Å². The lowest BCUT2D eigenvalue weighted by atomic mass is 9.85. The fourth-order valence-electron chi connectivity index (χ4n) is 3.41. The number of terminal acetylenes is 1. The second-order valence-electron chi connectivity index (χ2n) is 7.53. The molecule has 0 saturated carbocycles. The molecule has 0 aromatic heterocycles. The number of hydrogen-bond acceptors (Lipinski definition) is 1. The number of rotatable bonds is 6. The van der Waals surface area contributed by atoms with Crippen molar-refractivity contribution in [3.8, 4) is 23.5 Å². The molecule has 0 aliphatic carbocycles. The maximum atomic E-state index is 5.62. The number of nitrogens with zero attached hydrogens (tertiary/aromatic N) is 1. The first kappa shape index (κ1) is 20.7. The lowest BCUT2D eigenvalue weighted by molar-refractivity contribution is 0.560. The van der Waals surface area contributed by atoms with Crippen molar-refractivity contribution in [2.45, 2.75) is 47.5 Å². The first-order valence-corrected chi connectivity index (χ1v) is 9.72.